The maximum absolute atomic E-state index is 13.0. The van der Waals surface area contributed by atoms with E-state index in [1.807, 2.05) is 0 Å². The third-order valence-electron chi connectivity index (χ3n) is 2.21. The molecule has 0 aliphatic carbocycles. The number of rotatable bonds is 4. The van der Waals surface area contributed by atoms with E-state index in [1.165, 1.54) is 32.4 Å². The summed E-state index contributed by atoms with van der Waals surface area (Å²) in [7, 11) is 2.74. The number of ether oxygens (including phenoxy) is 2. The monoisotopic (exact) mass is 227 g/mol. The van der Waals surface area contributed by atoms with E-state index in [4.69, 9.17) is 10.5 Å². The van der Waals surface area contributed by atoms with Crippen LogP contribution in [-0.2, 0) is 9.53 Å². The van der Waals surface area contributed by atoms with Gasteiger partial charge in [0.25, 0.3) is 0 Å². The molecule has 1 unspecified atom stereocenters. The lowest BCUT2D eigenvalue weighted by Gasteiger charge is -2.14. The maximum Gasteiger partial charge on any atom is 0.307 e. The Morgan fingerprint density at radius 3 is 2.75 bits per heavy atom. The summed E-state index contributed by atoms with van der Waals surface area (Å²) in [5.41, 5.74) is 6.22. The number of benzene rings is 1. The maximum atomic E-state index is 13.0. The molecule has 2 N–H and O–H groups in total. The molecule has 0 radical (unpaired) electrons. The van der Waals surface area contributed by atoms with E-state index >= 15 is 0 Å². The molecule has 0 heterocycles. The van der Waals surface area contributed by atoms with Crippen LogP contribution in [0.25, 0.3) is 0 Å². The van der Waals surface area contributed by atoms with E-state index in [2.05, 4.69) is 4.74 Å². The molecule has 0 aliphatic rings. The number of hydrogen-bond donors (Lipinski definition) is 1. The second-order valence-electron chi connectivity index (χ2n) is 3.27. The Bertz CT molecular complexity index is 381. The second-order valence-corrected chi connectivity index (χ2v) is 3.27. The third kappa shape index (κ3) is 2.93. The van der Waals surface area contributed by atoms with Crippen LogP contribution in [0.4, 0.5) is 4.39 Å². The Morgan fingerprint density at radius 2 is 2.19 bits per heavy atom. The van der Waals surface area contributed by atoms with E-state index in [9.17, 15) is 9.18 Å². The molecule has 0 fully saturated rings. The summed E-state index contributed by atoms with van der Waals surface area (Å²) in [4.78, 5) is 11.0. The van der Waals surface area contributed by atoms with Crippen LogP contribution < -0.4 is 10.5 Å². The van der Waals surface area contributed by atoms with Crippen LogP contribution in [0.1, 0.15) is 18.0 Å². The van der Waals surface area contributed by atoms with E-state index in [-0.39, 0.29) is 6.42 Å². The fourth-order valence-electron chi connectivity index (χ4n) is 1.37. The topological polar surface area (TPSA) is 61.5 Å². The molecule has 0 saturated heterocycles. The minimum atomic E-state index is -0.641. The van der Waals surface area contributed by atoms with Gasteiger partial charge in [0.05, 0.1) is 20.6 Å². The number of nitrogens with two attached hydrogens (primary N) is 1. The van der Waals surface area contributed by atoms with Crippen molar-refractivity contribution in [1.29, 1.82) is 0 Å². The SMILES string of the molecule is COC(=O)CC(N)c1cc(F)ccc1OC. The first-order chi connectivity index (χ1) is 7.58. The summed E-state index contributed by atoms with van der Waals surface area (Å²) < 4.78 is 22.6. The molecule has 0 spiro atoms. The molecule has 4 nitrogen and oxygen atoms in total. The number of hydrogen-bond acceptors (Lipinski definition) is 4. The number of carbonyl (C=O) groups excluding carboxylic acids is 1. The van der Waals surface area contributed by atoms with Crippen LogP contribution in [0.15, 0.2) is 18.2 Å². The van der Waals surface area contributed by atoms with E-state index in [0.717, 1.165) is 0 Å². The molecule has 0 bridgehead atoms. The molecule has 1 atom stereocenters. The zero-order valence-corrected chi connectivity index (χ0v) is 9.20. The van der Waals surface area contributed by atoms with Crippen molar-refractivity contribution >= 4 is 5.97 Å². The van der Waals surface area contributed by atoms with Gasteiger partial charge in [-0.1, -0.05) is 0 Å². The average molecular weight is 227 g/mol. The van der Waals surface area contributed by atoms with Crippen LogP contribution >= 0.6 is 0 Å². The van der Waals surface area contributed by atoms with Gasteiger partial charge < -0.3 is 15.2 Å². The second kappa shape index (κ2) is 5.46. The summed E-state index contributed by atoms with van der Waals surface area (Å²) in [6, 6.07) is 3.36. The molecule has 16 heavy (non-hydrogen) atoms. The highest BCUT2D eigenvalue weighted by molar-refractivity contribution is 5.70. The average Bonchev–Trinajstić information content (AvgIpc) is 2.28. The molecule has 0 saturated carbocycles. The van der Waals surface area contributed by atoms with Crippen molar-refractivity contribution in [1.82, 2.24) is 0 Å². The molecule has 1 rings (SSSR count). The predicted octanol–water partition coefficient (Wildman–Crippen LogP) is 1.40. The van der Waals surface area contributed by atoms with Gasteiger partial charge >= 0.3 is 5.97 Å². The Balaban J connectivity index is 2.92. The molecular formula is C11H14FNO3. The summed E-state index contributed by atoms with van der Waals surface area (Å²) in [5.74, 6) is -0.410. The zero-order valence-electron chi connectivity index (χ0n) is 9.20. The number of esters is 1. The molecule has 1 aromatic rings. The van der Waals surface area contributed by atoms with Gasteiger partial charge in [-0.3, -0.25) is 4.79 Å². The van der Waals surface area contributed by atoms with Crippen molar-refractivity contribution in [2.24, 2.45) is 5.73 Å². The fraction of sp³-hybridized carbons (Fsp3) is 0.364. The molecule has 0 aromatic heterocycles. The molecule has 1 aromatic carbocycles. The summed E-state index contributed by atoms with van der Waals surface area (Å²) in [6.45, 7) is 0. The van der Waals surface area contributed by atoms with Gasteiger partial charge in [-0.15, -0.1) is 0 Å². The predicted molar refractivity (Wildman–Crippen MR) is 56.5 cm³/mol. The standard InChI is InChI=1S/C11H14FNO3/c1-15-10-4-3-7(12)5-8(10)9(13)6-11(14)16-2/h3-5,9H,6,13H2,1-2H3. The zero-order chi connectivity index (χ0) is 12.1. The number of halogens is 1. The Hall–Kier alpha value is -1.62. The first kappa shape index (κ1) is 12.4. The van der Waals surface area contributed by atoms with E-state index in [1.54, 1.807) is 0 Å². The molecule has 5 heteroatoms. The Kier molecular flexibility index (Phi) is 4.25. The fourth-order valence-corrected chi connectivity index (χ4v) is 1.37. The van der Waals surface area contributed by atoms with Crippen molar-refractivity contribution < 1.29 is 18.7 Å². The van der Waals surface area contributed by atoms with Crippen LogP contribution in [0.5, 0.6) is 5.75 Å². The van der Waals surface area contributed by atoms with Crippen molar-refractivity contribution in [3.63, 3.8) is 0 Å². The van der Waals surface area contributed by atoms with Gasteiger partial charge in [-0.2, -0.15) is 0 Å². The molecule has 88 valence electrons. The third-order valence-corrected chi connectivity index (χ3v) is 2.21. The summed E-state index contributed by atoms with van der Waals surface area (Å²) in [5, 5.41) is 0. The lowest BCUT2D eigenvalue weighted by molar-refractivity contribution is -0.141. The largest absolute Gasteiger partial charge is 0.496 e. The van der Waals surface area contributed by atoms with Crippen LogP contribution in [-0.4, -0.2) is 20.2 Å². The van der Waals surface area contributed by atoms with Gasteiger partial charge in [-0.05, 0) is 18.2 Å². The number of carbonyl (C=O) groups is 1. The van der Waals surface area contributed by atoms with Crippen molar-refractivity contribution in [2.45, 2.75) is 12.5 Å². The Labute approximate surface area is 93.2 Å². The van der Waals surface area contributed by atoms with Crippen LogP contribution in [0.3, 0.4) is 0 Å². The van der Waals surface area contributed by atoms with Gasteiger partial charge in [0, 0.05) is 11.6 Å². The quantitative estimate of drug-likeness (QED) is 0.790. The molecule has 0 amide bonds. The van der Waals surface area contributed by atoms with E-state index < -0.39 is 17.8 Å². The van der Waals surface area contributed by atoms with Gasteiger partial charge in [0.2, 0.25) is 0 Å². The van der Waals surface area contributed by atoms with Crippen LogP contribution in [0.2, 0.25) is 0 Å². The highest BCUT2D eigenvalue weighted by atomic mass is 19.1. The minimum absolute atomic E-state index is 0.0175. The lowest BCUT2D eigenvalue weighted by atomic mass is 10.0. The van der Waals surface area contributed by atoms with Gasteiger partial charge in [0.1, 0.15) is 11.6 Å². The first-order valence-electron chi connectivity index (χ1n) is 4.74. The van der Waals surface area contributed by atoms with Gasteiger partial charge in [-0.25, -0.2) is 4.39 Å². The lowest BCUT2D eigenvalue weighted by Crippen LogP contribution is -2.17. The molecular weight excluding hydrogens is 213 g/mol. The summed E-state index contributed by atoms with van der Waals surface area (Å²) in [6.07, 6.45) is -0.0175. The first-order valence-corrected chi connectivity index (χ1v) is 4.74. The normalized spacial score (nSPS) is 12.0. The van der Waals surface area contributed by atoms with Crippen molar-refractivity contribution in [3.05, 3.63) is 29.6 Å². The smallest absolute Gasteiger partial charge is 0.307 e. The van der Waals surface area contributed by atoms with Crippen LogP contribution in [0, 0.1) is 5.82 Å². The highest BCUT2D eigenvalue weighted by Crippen LogP contribution is 2.26. The Morgan fingerprint density at radius 1 is 1.50 bits per heavy atom. The summed E-state index contributed by atoms with van der Waals surface area (Å²) >= 11 is 0. The molecule has 0 aliphatic heterocycles. The van der Waals surface area contributed by atoms with E-state index in [0.29, 0.717) is 11.3 Å². The highest BCUT2D eigenvalue weighted by Gasteiger charge is 2.16. The van der Waals surface area contributed by atoms with Crippen molar-refractivity contribution in [2.75, 3.05) is 14.2 Å². The van der Waals surface area contributed by atoms with Crippen molar-refractivity contribution in [3.8, 4) is 5.75 Å². The number of methoxy groups -OCH3 is 2. The van der Waals surface area contributed by atoms with Gasteiger partial charge in [0.15, 0.2) is 0 Å². The minimum Gasteiger partial charge on any atom is -0.496 e.